The molecule has 2 aliphatic heterocycles. The molecule has 0 aromatic rings. The van der Waals surface area contributed by atoms with Gasteiger partial charge in [-0.3, -0.25) is 28.8 Å². The van der Waals surface area contributed by atoms with Crippen LogP contribution in [0, 0.1) is 11.8 Å². The molecule has 13 nitrogen and oxygen atoms in total. The molecule has 0 aliphatic carbocycles. The molecule has 0 spiro atoms. The van der Waals surface area contributed by atoms with Gasteiger partial charge in [-0.2, -0.15) is 0 Å². The summed E-state index contributed by atoms with van der Waals surface area (Å²) in [5, 5.41) is 15.6. The highest BCUT2D eigenvalue weighted by Gasteiger charge is 2.43. The first-order valence-corrected chi connectivity index (χ1v) is 15.5. The minimum atomic E-state index is -1.40. The van der Waals surface area contributed by atoms with Gasteiger partial charge in [0.25, 0.3) is 5.91 Å². The number of nitrogens with zero attached hydrogens (tertiary/aromatic N) is 3. The molecule has 2 rings (SSSR count). The molecule has 0 aromatic heterocycles. The molecule has 14 heteroatoms. The monoisotopic (exact) mass is 629 g/mol. The van der Waals surface area contributed by atoms with Crippen LogP contribution in [0.5, 0.6) is 0 Å². The zero-order valence-electron chi connectivity index (χ0n) is 26.3. The van der Waals surface area contributed by atoms with Gasteiger partial charge in [-0.25, -0.2) is 0 Å². The lowest BCUT2D eigenvalue weighted by molar-refractivity contribution is -0.163. The van der Waals surface area contributed by atoms with Gasteiger partial charge in [0.2, 0.25) is 23.6 Å². The van der Waals surface area contributed by atoms with Crippen LogP contribution < -0.4 is 10.6 Å². The van der Waals surface area contributed by atoms with Gasteiger partial charge in [0.05, 0.1) is 12.5 Å². The summed E-state index contributed by atoms with van der Waals surface area (Å²) in [6.07, 6.45) is -1.72. The van der Waals surface area contributed by atoms with Crippen LogP contribution in [-0.4, -0.2) is 125 Å². The molecule has 0 saturated carbocycles. The molecular formula is C29H48ClN5O8. The first-order valence-electron chi connectivity index (χ1n) is 15.0. The van der Waals surface area contributed by atoms with E-state index in [9.17, 15) is 33.9 Å². The fourth-order valence-corrected chi connectivity index (χ4v) is 5.54. The number of hydrogen-bond acceptors (Lipinski definition) is 8. The topological polar surface area (TPSA) is 166 Å². The molecule has 244 valence electrons. The number of carbonyl (C=O) groups excluding carboxylic acids is 6. The van der Waals surface area contributed by atoms with Crippen molar-refractivity contribution in [3.63, 3.8) is 0 Å². The Morgan fingerprint density at radius 2 is 1.65 bits per heavy atom. The highest BCUT2D eigenvalue weighted by molar-refractivity contribution is 6.18. The molecule has 2 fully saturated rings. The number of nitrogens with one attached hydrogen (secondary N) is 2. The summed E-state index contributed by atoms with van der Waals surface area (Å²) in [7, 11) is 2.98. The summed E-state index contributed by atoms with van der Waals surface area (Å²) in [6.45, 7) is 8.91. The Kier molecular flexibility index (Phi) is 13.7. The van der Waals surface area contributed by atoms with Crippen LogP contribution in [0.1, 0.15) is 66.7 Å². The average molecular weight is 630 g/mol. The van der Waals surface area contributed by atoms with Gasteiger partial charge in [0, 0.05) is 39.5 Å². The third-order valence-corrected chi connectivity index (χ3v) is 8.77. The van der Waals surface area contributed by atoms with E-state index in [1.54, 1.807) is 13.8 Å². The lowest BCUT2D eigenvalue weighted by atomic mass is 9.94. The summed E-state index contributed by atoms with van der Waals surface area (Å²) in [4.78, 5) is 84.3. The Labute approximate surface area is 259 Å². The first-order chi connectivity index (χ1) is 20.2. The van der Waals surface area contributed by atoms with E-state index in [1.165, 1.54) is 35.7 Å². The lowest BCUT2D eigenvalue weighted by Crippen LogP contribution is -2.60. The van der Waals surface area contributed by atoms with Crippen molar-refractivity contribution in [1.29, 1.82) is 0 Å². The number of amides is 5. The number of likely N-dealkylation sites (N-methyl/N-ethyl adjacent to an activating group) is 2. The van der Waals surface area contributed by atoms with Gasteiger partial charge in [-0.1, -0.05) is 34.1 Å². The van der Waals surface area contributed by atoms with E-state index >= 15 is 0 Å². The van der Waals surface area contributed by atoms with Crippen molar-refractivity contribution in [3.8, 4) is 0 Å². The maximum atomic E-state index is 13.9. The molecule has 0 radical (unpaired) electrons. The molecule has 7 atom stereocenters. The van der Waals surface area contributed by atoms with E-state index in [4.69, 9.17) is 16.3 Å². The van der Waals surface area contributed by atoms with Crippen LogP contribution in [0.4, 0.5) is 0 Å². The Morgan fingerprint density at radius 1 is 1.00 bits per heavy atom. The van der Waals surface area contributed by atoms with E-state index in [-0.39, 0.29) is 43.6 Å². The molecule has 0 aromatic carbocycles. The Morgan fingerprint density at radius 3 is 2.23 bits per heavy atom. The predicted molar refractivity (Wildman–Crippen MR) is 159 cm³/mol. The number of fused-ring (bicyclic) bond motifs is 1. The van der Waals surface area contributed by atoms with Crippen LogP contribution >= 0.6 is 11.6 Å². The maximum Gasteiger partial charge on any atom is 0.308 e. The Bertz CT molecular complexity index is 1040. The molecule has 2 saturated heterocycles. The van der Waals surface area contributed by atoms with Gasteiger partial charge in [0.1, 0.15) is 24.2 Å². The number of alkyl halides is 1. The van der Waals surface area contributed by atoms with Gasteiger partial charge >= 0.3 is 5.97 Å². The molecule has 2 heterocycles. The van der Waals surface area contributed by atoms with Gasteiger partial charge in [-0.05, 0) is 31.6 Å². The van der Waals surface area contributed by atoms with E-state index < -0.39 is 71.9 Å². The number of carbonyl (C=O) groups is 6. The van der Waals surface area contributed by atoms with Gasteiger partial charge in [0.15, 0.2) is 6.10 Å². The van der Waals surface area contributed by atoms with E-state index in [0.717, 1.165) is 0 Å². The molecule has 2 unspecified atom stereocenters. The van der Waals surface area contributed by atoms with Crippen molar-refractivity contribution < 1.29 is 38.6 Å². The number of aliphatic hydroxyl groups excluding tert-OH is 1. The number of esters is 1. The van der Waals surface area contributed by atoms with Crippen LogP contribution in [-0.2, 0) is 33.5 Å². The normalized spacial score (nSPS) is 28.9. The Hall–Kier alpha value is -2.93. The quantitative estimate of drug-likeness (QED) is 0.278. The highest BCUT2D eigenvalue weighted by atomic mass is 35.5. The third-order valence-electron chi connectivity index (χ3n) is 8.41. The second-order valence-electron chi connectivity index (χ2n) is 11.9. The molecule has 5 amide bonds. The standard InChI is InChI=1S/C29H48ClN5O8/c1-8-17(4)23-28(41)34(7)24(16(2)3)29(42)33(6)18(5)25(38)31-12-11-22(37)43-21(14-19(36)15-30)27(40)35-13-9-10-20(35)26(39)32-23/h16-21,23-24,36H,8-15H2,1-7H3,(H,31,38)(H,32,39)/t17?,18-,19?,20-,21-,23-,24-/m0/s1. The SMILES string of the molecule is CCC(C)[C@@H]1NC(=O)[C@@H]2CCCN2C(=O)[C@H](CC(O)CCl)OC(=O)CCNC(=O)[C@H](C)N(C)C(=O)[C@H](C(C)C)N(C)C1=O. The third kappa shape index (κ3) is 9.04. The van der Waals surface area contributed by atoms with E-state index in [1.807, 2.05) is 13.8 Å². The van der Waals surface area contributed by atoms with Crippen LogP contribution in [0.2, 0.25) is 0 Å². The summed E-state index contributed by atoms with van der Waals surface area (Å²) >= 11 is 5.76. The maximum absolute atomic E-state index is 13.9. The van der Waals surface area contributed by atoms with E-state index in [2.05, 4.69) is 10.6 Å². The smallest absolute Gasteiger partial charge is 0.308 e. The number of halogens is 1. The lowest BCUT2D eigenvalue weighted by Gasteiger charge is -2.38. The summed E-state index contributed by atoms with van der Waals surface area (Å²) in [5.41, 5.74) is 0. The number of rotatable bonds is 6. The van der Waals surface area contributed by atoms with E-state index in [0.29, 0.717) is 19.3 Å². The fourth-order valence-electron chi connectivity index (χ4n) is 5.41. The molecular weight excluding hydrogens is 582 g/mol. The van der Waals surface area contributed by atoms with Crippen molar-refractivity contribution in [2.75, 3.05) is 33.1 Å². The molecule has 0 bridgehead atoms. The van der Waals surface area contributed by atoms with Crippen LogP contribution in [0.3, 0.4) is 0 Å². The fraction of sp³-hybridized carbons (Fsp3) is 0.793. The van der Waals surface area contributed by atoms with Crippen LogP contribution in [0.25, 0.3) is 0 Å². The second-order valence-corrected chi connectivity index (χ2v) is 12.2. The van der Waals surface area contributed by atoms with Gasteiger partial charge in [-0.15, -0.1) is 11.6 Å². The minimum Gasteiger partial charge on any atom is -0.452 e. The van der Waals surface area contributed by atoms with Crippen molar-refractivity contribution in [1.82, 2.24) is 25.3 Å². The molecule has 3 N–H and O–H groups in total. The molecule has 43 heavy (non-hydrogen) atoms. The average Bonchev–Trinajstić information content (AvgIpc) is 3.46. The summed E-state index contributed by atoms with van der Waals surface area (Å²) in [5.74, 6) is -4.24. The summed E-state index contributed by atoms with van der Waals surface area (Å²) < 4.78 is 5.44. The number of aliphatic hydroxyl groups is 1. The molecule has 2 aliphatic rings. The number of hydrogen-bond donors (Lipinski definition) is 3. The van der Waals surface area contributed by atoms with Crippen molar-refractivity contribution in [2.45, 2.75) is 103 Å². The second kappa shape index (κ2) is 16.2. The first kappa shape index (κ1) is 36.3. The van der Waals surface area contributed by atoms with Crippen molar-refractivity contribution >= 4 is 47.1 Å². The minimum absolute atomic E-state index is 0.125. The largest absolute Gasteiger partial charge is 0.452 e. The predicted octanol–water partition coefficient (Wildman–Crippen LogP) is 0.260. The number of cyclic esters (lactones) is 1. The highest BCUT2D eigenvalue weighted by Crippen LogP contribution is 2.23. The van der Waals surface area contributed by atoms with Crippen molar-refractivity contribution in [3.05, 3.63) is 0 Å². The Balaban J connectivity index is 2.54. The zero-order chi connectivity index (χ0) is 32.6. The zero-order valence-corrected chi connectivity index (χ0v) is 27.1. The van der Waals surface area contributed by atoms with Gasteiger partial charge < -0.3 is 35.2 Å². The summed E-state index contributed by atoms with van der Waals surface area (Å²) in [6, 6.07) is -3.77. The number of ether oxygens (including phenoxy) is 1. The van der Waals surface area contributed by atoms with Crippen molar-refractivity contribution in [2.24, 2.45) is 11.8 Å². The van der Waals surface area contributed by atoms with Crippen LogP contribution in [0.15, 0.2) is 0 Å².